The fraction of sp³-hybridized carbons (Fsp3) is 0.278. The average molecular weight is 396 g/mol. The Morgan fingerprint density at radius 3 is 2.58 bits per heavy atom. The number of nitrogens with zero attached hydrogens (tertiary/aromatic N) is 2. The van der Waals surface area contributed by atoms with Gasteiger partial charge in [0.25, 0.3) is 5.69 Å². The molecular weight excluding hydrogens is 377 g/mol. The third-order valence-corrected chi connectivity index (χ3v) is 4.42. The van der Waals surface area contributed by atoms with Gasteiger partial charge in [0.2, 0.25) is 0 Å². The molecule has 0 aliphatic carbocycles. The molecule has 8 heteroatoms. The van der Waals surface area contributed by atoms with Crippen molar-refractivity contribution in [3.8, 4) is 0 Å². The van der Waals surface area contributed by atoms with Crippen LogP contribution in [0.4, 0.5) is 10.5 Å². The topological polar surface area (TPSA) is 75.5 Å². The van der Waals surface area contributed by atoms with Gasteiger partial charge in [-0.05, 0) is 31.0 Å². The molecule has 0 spiro atoms. The normalized spacial score (nSPS) is 10.4. The van der Waals surface area contributed by atoms with Gasteiger partial charge in [0, 0.05) is 34.8 Å². The number of carbonyl (C=O) groups excluding carboxylic acids is 1. The summed E-state index contributed by atoms with van der Waals surface area (Å²) in [6.45, 7) is 2.78. The van der Waals surface area contributed by atoms with E-state index < -0.39 is 4.92 Å². The number of carbonyl (C=O) groups is 1. The molecule has 0 saturated carbocycles. The van der Waals surface area contributed by atoms with E-state index in [0.717, 1.165) is 5.56 Å². The summed E-state index contributed by atoms with van der Waals surface area (Å²) in [6, 6.07) is 11.3. The Hall–Kier alpha value is -2.31. The SMILES string of the molecule is CCNC(=O)N(CCc1ccc(Cl)cc1Cl)Cc1ccccc1[N+](=O)[O-]. The van der Waals surface area contributed by atoms with Crippen LogP contribution in [0.5, 0.6) is 0 Å². The Kier molecular flexibility index (Phi) is 7.24. The van der Waals surface area contributed by atoms with E-state index in [1.807, 2.05) is 13.0 Å². The highest BCUT2D eigenvalue weighted by Gasteiger charge is 2.19. The van der Waals surface area contributed by atoms with Gasteiger partial charge in [0.05, 0.1) is 11.5 Å². The number of benzene rings is 2. The van der Waals surface area contributed by atoms with Crippen LogP contribution in [0, 0.1) is 10.1 Å². The van der Waals surface area contributed by atoms with E-state index in [-0.39, 0.29) is 18.3 Å². The summed E-state index contributed by atoms with van der Waals surface area (Å²) in [5.41, 5.74) is 1.32. The first-order valence-electron chi connectivity index (χ1n) is 8.11. The van der Waals surface area contributed by atoms with E-state index in [0.29, 0.717) is 35.1 Å². The van der Waals surface area contributed by atoms with Crippen molar-refractivity contribution in [2.45, 2.75) is 19.9 Å². The highest BCUT2D eigenvalue weighted by Crippen LogP contribution is 2.23. The first-order valence-corrected chi connectivity index (χ1v) is 8.87. The molecule has 138 valence electrons. The van der Waals surface area contributed by atoms with Gasteiger partial charge in [0.15, 0.2) is 0 Å². The molecule has 26 heavy (non-hydrogen) atoms. The van der Waals surface area contributed by atoms with E-state index in [1.54, 1.807) is 30.3 Å². The second-order valence-corrected chi connectivity index (χ2v) is 6.47. The lowest BCUT2D eigenvalue weighted by atomic mass is 10.1. The van der Waals surface area contributed by atoms with Crippen LogP contribution in [-0.2, 0) is 13.0 Å². The summed E-state index contributed by atoms with van der Waals surface area (Å²) in [5, 5.41) is 15.0. The van der Waals surface area contributed by atoms with Crippen molar-refractivity contribution in [2.75, 3.05) is 13.1 Å². The van der Waals surface area contributed by atoms with E-state index in [2.05, 4.69) is 5.32 Å². The van der Waals surface area contributed by atoms with Gasteiger partial charge in [-0.2, -0.15) is 0 Å². The maximum absolute atomic E-state index is 12.4. The number of para-hydroxylation sites is 1. The van der Waals surface area contributed by atoms with Crippen molar-refractivity contribution in [1.29, 1.82) is 0 Å². The Labute approximate surface area is 161 Å². The Bertz CT molecular complexity index is 799. The van der Waals surface area contributed by atoms with Crippen LogP contribution < -0.4 is 5.32 Å². The molecule has 0 heterocycles. The second-order valence-electron chi connectivity index (χ2n) is 5.63. The maximum atomic E-state index is 12.4. The first-order chi connectivity index (χ1) is 12.4. The van der Waals surface area contributed by atoms with Crippen LogP contribution in [0.3, 0.4) is 0 Å². The molecule has 0 bridgehead atoms. The summed E-state index contributed by atoms with van der Waals surface area (Å²) in [6.07, 6.45) is 0.508. The third-order valence-electron chi connectivity index (χ3n) is 3.83. The molecule has 0 aliphatic rings. The molecular formula is C18H19Cl2N3O3. The van der Waals surface area contributed by atoms with Crippen molar-refractivity contribution < 1.29 is 9.72 Å². The van der Waals surface area contributed by atoms with Crippen molar-refractivity contribution in [3.63, 3.8) is 0 Å². The monoisotopic (exact) mass is 395 g/mol. The lowest BCUT2D eigenvalue weighted by molar-refractivity contribution is -0.385. The smallest absolute Gasteiger partial charge is 0.317 e. The minimum absolute atomic E-state index is 0.00803. The van der Waals surface area contributed by atoms with Gasteiger partial charge in [-0.3, -0.25) is 10.1 Å². The number of nitro groups is 1. The molecule has 1 N–H and O–H groups in total. The highest BCUT2D eigenvalue weighted by atomic mass is 35.5. The van der Waals surface area contributed by atoms with E-state index in [9.17, 15) is 14.9 Å². The largest absolute Gasteiger partial charge is 0.338 e. The van der Waals surface area contributed by atoms with E-state index in [4.69, 9.17) is 23.2 Å². The van der Waals surface area contributed by atoms with Gasteiger partial charge in [-0.1, -0.05) is 47.5 Å². The number of urea groups is 1. The minimum atomic E-state index is -0.443. The fourth-order valence-corrected chi connectivity index (χ4v) is 3.03. The molecule has 0 radical (unpaired) electrons. The zero-order valence-corrected chi connectivity index (χ0v) is 15.8. The first kappa shape index (κ1) is 20.0. The average Bonchev–Trinajstić information content (AvgIpc) is 2.60. The Morgan fingerprint density at radius 2 is 1.92 bits per heavy atom. The summed E-state index contributed by atoms with van der Waals surface area (Å²) in [7, 11) is 0. The quantitative estimate of drug-likeness (QED) is 0.546. The number of nitro benzene ring substituents is 1. The Morgan fingerprint density at radius 1 is 1.19 bits per heavy atom. The molecule has 2 aromatic rings. The molecule has 2 rings (SSSR count). The standard InChI is InChI=1S/C18H19Cl2N3O3/c1-2-21-18(24)22(10-9-13-7-8-15(19)11-16(13)20)12-14-5-3-4-6-17(14)23(25)26/h3-8,11H,2,9-10,12H2,1H3,(H,21,24). The predicted molar refractivity (Wildman–Crippen MR) is 103 cm³/mol. The van der Waals surface area contributed by atoms with Crippen LogP contribution in [0.25, 0.3) is 0 Å². The van der Waals surface area contributed by atoms with Crippen LogP contribution in [0.15, 0.2) is 42.5 Å². The summed E-state index contributed by atoms with van der Waals surface area (Å²) in [4.78, 5) is 24.7. The molecule has 0 aromatic heterocycles. The molecule has 0 aliphatic heterocycles. The summed E-state index contributed by atoms with van der Waals surface area (Å²) in [5.74, 6) is 0. The number of hydrogen-bond donors (Lipinski definition) is 1. The van der Waals surface area contributed by atoms with E-state index >= 15 is 0 Å². The summed E-state index contributed by atoms with van der Waals surface area (Å²) >= 11 is 12.1. The Balaban J connectivity index is 2.19. The van der Waals surface area contributed by atoms with E-state index in [1.165, 1.54) is 11.0 Å². The molecule has 6 nitrogen and oxygen atoms in total. The van der Waals surface area contributed by atoms with Crippen molar-refractivity contribution in [1.82, 2.24) is 10.2 Å². The number of halogens is 2. The lowest BCUT2D eigenvalue weighted by Gasteiger charge is -2.23. The van der Waals surface area contributed by atoms with Gasteiger partial charge in [0.1, 0.15) is 0 Å². The molecule has 0 saturated heterocycles. The maximum Gasteiger partial charge on any atom is 0.317 e. The van der Waals surface area contributed by atoms with Gasteiger partial charge >= 0.3 is 6.03 Å². The molecule has 0 unspecified atom stereocenters. The molecule has 0 fully saturated rings. The van der Waals surface area contributed by atoms with Crippen LogP contribution in [0.1, 0.15) is 18.1 Å². The van der Waals surface area contributed by atoms with Gasteiger partial charge in [-0.15, -0.1) is 0 Å². The predicted octanol–water partition coefficient (Wildman–Crippen LogP) is 4.68. The fourth-order valence-electron chi connectivity index (χ4n) is 2.52. The zero-order chi connectivity index (χ0) is 19.1. The van der Waals surface area contributed by atoms with Crippen molar-refractivity contribution in [3.05, 3.63) is 73.8 Å². The second kappa shape index (κ2) is 9.40. The van der Waals surface area contributed by atoms with Gasteiger partial charge < -0.3 is 10.2 Å². The van der Waals surface area contributed by atoms with Crippen LogP contribution >= 0.6 is 23.2 Å². The number of nitrogens with one attached hydrogen (secondary N) is 1. The van der Waals surface area contributed by atoms with Crippen LogP contribution in [0.2, 0.25) is 10.0 Å². The van der Waals surface area contributed by atoms with Crippen LogP contribution in [-0.4, -0.2) is 28.9 Å². The third kappa shape index (κ3) is 5.34. The zero-order valence-electron chi connectivity index (χ0n) is 14.2. The highest BCUT2D eigenvalue weighted by molar-refractivity contribution is 6.35. The van der Waals surface area contributed by atoms with Crippen molar-refractivity contribution >= 4 is 34.9 Å². The van der Waals surface area contributed by atoms with Crippen molar-refractivity contribution in [2.24, 2.45) is 0 Å². The summed E-state index contributed by atoms with van der Waals surface area (Å²) < 4.78 is 0. The number of rotatable bonds is 7. The minimum Gasteiger partial charge on any atom is -0.338 e. The lowest BCUT2D eigenvalue weighted by Crippen LogP contribution is -2.40. The number of amides is 2. The van der Waals surface area contributed by atoms with Gasteiger partial charge in [-0.25, -0.2) is 4.79 Å². The molecule has 2 aromatic carbocycles. The number of hydrogen-bond acceptors (Lipinski definition) is 3. The molecule has 0 atom stereocenters. The molecule has 2 amide bonds.